The Bertz CT molecular complexity index is 1160. The van der Waals surface area contributed by atoms with Crippen molar-refractivity contribution in [2.75, 3.05) is 13.2 Å². The van der Waals surface area contributed by atoms with Gasteiger partial charge in [-0.05, 0) is 67.0 Å². The van der Waals surface area contributed by atoms with Crippen LogP contribution in [0.3, 0.4) is 0 Å². The van der Waals surface area contributed by atoms with E-state index in [1.54, 1.807) is 19.1 Å². The van der Waals surface area contributed by atoms with Crippen molar-refractivity contribution in [1.82, 2.24) is 5.32 Å². The number of Topliss-reactive ketones (excluding diaryl/α,β-unsaturated/α-hetero) is 1. The standard InChI is InChI=1S/C30H35ClFNO3/c1-18(2)26(28(34)22-6-5-7-22)21-9-11-23(12-10-21)30(14-15-36-17-30)33-29(35)20(4)16-24-19(3)8-13-25(32)27(24)31/h8-13,16,18,22,26H,5-7,14-15,17H2,1-4H3,(H,33,35)/b20-16+. The second-order valence-corrected chi connectivity index (χ2v) is 11.0. The molecule has 0 bridgehead atoms. The molecule has 4 nitrogen and oxygen atoms in total. The van der Waals surface area contributed by atoms with Gasteiger partial charge in [0, 0.05) is 30.4 Å². The van der Waals surface area contributed by atoms with E-state index in [9.17, 15) is 14.0 Å². The highest BCUT2D eigenvalue weighted by Gasteiger charge is 2.39. The molecule has 6 heteroatoms. The molecule has 2 atom stereocenters. The Morgan fingerprint density at radius 2 is 1.86 bits per heavy atom. The number of ether oxygens (including phenoxy) is 1. The van der Waals surface area contributed by atoms with Gasteiger partial charge < -0.3 is 10.1 Å². The summed E-state index contributed by atoms with van der Waals surface area (Å²) in [4.78, 5) is 26.3. The molecule has 1 saturated carbocycles. The van der Waals surface area contributed by atoms with Crippen molar-refractivity contribution in [2.24, 2.45) is 11.8 Å². The van der Waals surface area contributed by atoms with Crippen molar-refractivity contribution in [3.63, 3.8) is 0 Å². The first-order valence-electron chi connectivity index (χ1n) is 12.8. The predicted octanol–water partition coefficient (Wildman–Crippen LogP) is 6.73. The smallest absolute Gasteiger partial charge is 0.247 e. The molecule has 2 fully saturated rings. The molecule has 2 aromatic rings. The first-order chi connectivity index (χ1) is 17.1. The molecule has 0 spiro atoms. The molecule has 36 heavy (non-hydrogen) atoms. The van der Waals surface area contributed by atoms with Gasteiger partial charge in [-0.25, -0.2) is 4.39 Å². The van der Waals surface area contributed by atoms with Gasteiger partial charge in [0.1, 0.15) is 11.6 Å². The molecule has 1 aliphatic heterocycles. The molecule has 1 aliphatic carbocycles. The van der Waals surface area contributed by atoms with E-state index in [1.807, 2.05) is 31.2 Å². The molecule has 1 N–H and O–H groups in total. The van der Waals surface area contributed by atoms with Gasteiger partial charge in [0.25, 0.3) is 0 Å². The van der Waals surface area contributed by atoms with Gasteiger partial charge in [-0.15, -0.1) is 0 Å². The van der Waals surface area contributed by atoms with Crippen LogP contribution in [0.5, 0.6) is 0 Å². The number of nitrogens with one attached hydrogen (secondary N) is 1. The summed E-state index contributed by atoms with van der Waals surface area (Å²) in [5.41, 5.74) is 3.03. The van der Waals surface area contributed by atoms with Gasteiger partial charge in [0.2, 0.25) is 5.91 Å². The number of benzene rings is 2. The molecule has 192 valence electrons. The maximum Gasteiger partial charge on any atom is 0.247 e. The first-order valence-corrected chi connectivity index (χ1v) is 13.2. The van der Waals surface area contributed by atoms with Crippen LogP contribution in [0.2, 0.25) is 5.02 Å². The number of carbonyl (C=O) groups is 2. The van der Waals surface area contributed by atoms with Crippen molar-refractivity contribution in [3.05, 3.63) is 75.1 Å². The van der Waals surface area contributed by atoms with Gasteiger partial charge in [-0.3, -0.25) is 9.59 Å². The Morgan fingerprint density at radius 3 is 2.42 bits per heavy atom. The van der Waals surface area contributed by atoms with Crippen molar-refractivity contribution < 1.29 is 18.7 Å². The predicted molar refractivity (Wildman–Crippen MR) is 141 cm³/mol. The average Bonchev–Trinajstić information content (AvgIpc) is 3.28. The summed E-state index contributed by atoms with van der Waals surface area (Å²) in [7, 11) is 0. The van der Waals surface area contributed by atoms with Crippen molar-refractivity contribution >= 4 is 29.4 Å². The Balaban J connectivity index is 1.57. The number of halogens is 2. The summed E-state index contributed by atoms with van der Waals surface area (Å²) in [6, 6.07) is 11.1. The third-order valence-corrected chi connectivity index (χ3v) is 8.13. The number of rotatable bonds is 8. The van der Waals surface area contributed by atoms with E-state index in [0.717, 1.165) is 36.0 Å². The highest BCUT2D eigenvalue weighted by Crippen LogP contribution is 2.38. The molecule has 1 heterocycles. The van der Waals surface area contributed by atoms with E-state index in [4.69, 9.17) is 16.3 Å². The van der Waals surface area contributed by atoms with E-state index in [-0.39, 0.29) is 28.7 Å². The number of hydrogen-bond acceptors (Lipinski definition) is 3. The zero-order valence-electron chi connectivity index (χ0n) is 21.5. The Hall–Kier alpha value is -2.50. The fraction of sp³-hybridized carbons (Fsp3) is 0.467. The fourth-order valence-electron chi connectivity index (χ4n) is 5.24. The van der Waals surface area contributed by atoms with E-state index in [2.05, 4.69) is 19.2 Å². The van der Waals surface area contributed by atoms with Gasteiger partial charge in [-0.1, -0.05) is 62.2 Å². The lowest BCUT2D eigenvalue weighted by molar-refractivity contribution is -0.127. The zero-order chi connectivity index (χ0) is 26.0. The first kappa shape index (κ1) is 26.6. The van der Waals surface area contributed by atoms with Crippen molar-refractivity contribution in [2.45, 2.75) is 64.8 Å². The number of ketones is 1. The minimum Gasteiger partial charge on any atom is -0.379 e. The van der Waals surface area contributed by atoms with E-state index in [1.165, 1.54) is 6.07 Å². The van der Waals surface area contributed by atoms with Gasteiger partial charge in [0.15, 0.2) is 0 Å². The lowest BCUT2D eigenvalue weighted by Crippen LogP contribution is -2.46. The van der Waals surface area contributed by atoms with Crippen LogP contribution >= 0.6 is 11.6 Å². The molecule has 1 saturated heterocycles. The number of carbonyl (C=O) groups excluding carboxylic acids is 2. The summed E-state index contributed by atoms with van der Waals surface area (Å²) in [5, 5.41) is 3.18. The van der Waals surface area contributed by atoms with Crippen LogP contribution in [0.25, 0.3) is 6.08 Å². The van der Waals surface area contributed by atoms with Crippen LogP contribution in [0, 0.1) is 24.6 Å². The summed E-state index contributed by atoms with van der Waals surface area (Å²) in [6.45, 7) is 8.62. The summed E-state index contributed by atoms with van der Waals surface area (Å²) < 4.78 is 19.7. The molecular formula is C30H35ClFNO3. The molecule has 0 radical (unpaired) electrons. The lowest BCUT2D eigenvalue weighted by Gasteiger charge is -2.32. The molecule has 2 unspecified atom stereocenters. The lowest BCUT2D eigenvalue weighted by atomic mass is 9.72. The number of aryl methyl sites for hydroxylation is 1. The third-order valence-electron chi connectivity index (χ3n) is 7.75. The maximum absolute atomic E-state index is 14.0. The van der Waals surface area contributed by atoms with E-state index >= 15 is 0 Å². The normalized spacial score (nSPS) is 21.4. The topological polar surface area (TPSA) is 55.4 Å². The van der Waals surface area contributed by atoms with E-state index < -0.39 is 11.4 Å². The van der Waals surface area contributed by atoms with Gasteiger partial charge in [0.05, 0.1) is 17.2 Å². The quantitative estimate of drug-likeness (QED) is 0.400. The Kier molecular flexibility index (Phi) is 8.01. The van der Waals surface area contributed by atoms with Gasteiger partial charge >= 0.3 is 0 Å². The van der Waals surface area contributed by atoms with Crippen LogP contribution in [0.1, 0.15) is 74.6 Å². The Morgan fingerprint density at radius 1 is 1.17 bits per heavy atom. The molecular weight excluding hydrogens is 477 g/mol. The SMILES string of the molecule is C/C(=C\c1c(C)ccc(F)c1Cl)C(=O)NC1(c2ccc(C(C(=O)C3CCC3)C(C)C)cc2)CCOC1. The minimum absolute atomic E-state index is 0.00723. The van der Waals surface area contributed by atoms with Crippen LogP contribution in [0.4, 0.5) is 4.39 Å². The van der Waals surface area contributed by atoms with E-state index in [0.29, 0.717) is 36.6 Å². The minimum atomic E-state index is -0.670. The molecule has 2 aliphatic rings. The maximum atomic E-state index is 14.0. The third kappa shape index (κ3) is 5.28. The second-order valence-electron chi connectivity index (χ2n) is 10.6. The summed E-state index contributed by atoms with van der Waals surface area (Å²) >= 11 is 6.16. The zero-order valence-corrected chi connectivity index (χ0v) is 22.3. The summed E-state index contributed by atoms with van der Waals surface area (Å²) in [6.07, 6.45) is 5.41. The highest BCUT2D eigenvalue weighted by molar-refractivity contribution is 6.32. The monoisotopic (exact) mass is 511 g/mol. The number of amides is 1. The average molecular weight is 512 g/mol. The molecule has 2 aromatic carbocycles. The molecule has 0 aromatic heterocycles. The highest BCUT2D eigenvalue weighted by atomic mass is 35.5. The van der Waals surface area contributed by atoms with Crippen molar-refractivity contribution in [3.8, 4) is 0 Å². The summed E-state index contributed by atoms with van der Waals surface area (Å²) in [5.74, 6) is -0.126. The molecule has 4 rings (SSSR count). The van der Waals surface area contributed by atoms with Crippen LogP contribution in [-0.4, -0.2) is 24.9 Å². The van der Waals surface area contributed by atoms with Gasteiger partial charge in [-0.2, -0.15) is 0 Å². The number of hydrogen-bond donors (Lipinski definition) is 1. The van der Waals surface area contributed by atoms with Crippen LogP contribution in [-0.2, 0) is 19.9 Å². The van der Waals surface area contributed by atoms with Crippen LogP contribution < -0.4 is 5.32 Å². The fourth-order valence-corrected chi connectivity index (χ4v) is 5.50. The second kappa shape index (κ2) is 10.9. The van der Waals surface area contributed by atoms with Crippen LogP contribution in [0.15, 0.2) is 42.0 Å². The Labute approximate surface area is 218 Å². The molecule has 1 amide bonds. The largest absolute Gasteiger partial charge is 0.379 e. The van der Waals surface area contributed by atoms with Crippen molar-refractivity contribution in [1.29, 1.82) is 0 Å².